The van der Waals surface area contributed by atoms with Gasteiger partial charge in [-0.3, -0.25) is 9.78 Å². The highest BCUT2D eigenvalue weighted by Crippen LogP contribution is 2.23. The Hall–Kier alpha value is -3.71. The summed E-state index contributed by atoms with van der Waals surface area (Å²) in [5, 5.41) is 9.09. The Labute approximate surface area is 165 Å². The SMILES string of the molecule is O=C(N/N=C/c1ccncc1)c1cc(-c2ccco2)nn1-c1ccc(Cl)cc1. The van der Waals surface area contributed by atoms with Crippen LogP contribution in [-0.4, -0.2) is 26.9 Å². The molecule has 0 saturated heterocycles. The molecule has 1 aromatic carbocycles. The quantitative estimate of drug-likeness (QED) is 0.412. The predicted octanol–water partition coefficient (Wildman–Crippen LogP) is 3.94. The number of amides is 1. The maximum absolute atomic E-state index is 12.7. The molecule has 0 atom stereocenters. The maximum Gasteiger partial charge on any atom is 0.290 e. The third-order valence-corrected chi connectivity index (χ3v) is 4.12. The minimum atomic E-state index is -0.412. The molecule has 0 fully saturated rings. The lowest BCUT2D eigenvalue weighted by molar-refractivity contribution is 0.0947. The molecule has 4 aromatic rings. The van der Waals surface area contributed by atoms with E-state index < -0.39 is 5.91 Å². The molecule has 0 aliphatic carbocycles. The molecule has 3 aromatic heterocycles. The predicted molar refractivity (Wildman–Crippen MR) is 106 cm³/mol. The number of aromatic nitrogens is 3. The number of nitrogens with one attached hydrogen (secondary N) is 1. The molecule has 1 amide bonds. The van der Waals surface area contributed by atoms with Crippen molar-refractivity contribution in [1.29, 1.82) is 0 Å². The van der Waals surface area contributed by atoms with Gasteiger partial charge >= 0.3 is 0 Å². The molecular weight excluding hydrogens is 378 g/mol. The Balaban J connectivity index is 1.65. The summed E-state index contributed by atoms with van der Waals surface area (Å²) in [5.74, 6) is 0.146. The van der Waals surface area contributed by atoms with Gasteiger partial charge in [0.2, 0.25) is 0 Å². The minimum Gasteiger partial charge on any atom is -0.463 e. The van der Waals surface area contributed by atoms with Crippen LogP contribution in [0.15, 0.2) is 82.8 Å². The summed E-state index contributed by atoms with van der Waals surface area (Å²) in [6.07, 6.45) is 6.38. The topological polar surface area (TPSA) is 85.3 Å². The Bertz CT molecular complexity index is 1100. The first-order chi connectivity index (χ1) is 13.7. The van der Waals surface area contributed by atoms with Gasteiger partial charge in [0.25, 0.3) is 5.91 Å². The second-order valence-electron chi connectivity index (χ2n) is 5.76. The third-order valence-electron chi connectivity index (χ3n) is 3.87. The molecule has 4 rings (SSSR count). The lowest BCUT2D eigenvalue weighted by atomic mass is 10.3. The zero-order valence-corrected chi connectivity index (χ0v) is 15.2. The van der Waals surface area contributed by atoms with Crippen molar-refractivity contribution in [3.63, 3.8) is 0 Å². The molecule has 28 heavy (non-hydrogen) atoms. The van der Waals surface area contributed by atoms with Gasteiger partial charge in [0.1, 0.15) is 11.4 Å². The van der Waals surface area contributed by atoms with Crippen molar-refractivity contribution in [2.24, 2.45) is 5.10 Å². The van der Waals surface area contributed by atoms with Crippen LogP contribution in [0, 0.1) is 0 Å². The fourth-order valence-corrected chi connectivity index (χ4v) is 2.66. The van der Waals surface area contributed by atoms with Crippen molar-refractivity contribution in [2.45, 2.75) is 0 Å². The van der Waals surface area contributed by atoms with E-state index in [1.165, 1.54) is 10.9 Å². The van der Waals surface area contributed by atoms with Gasteiger partial charge in [0.05, 0.1) is 18.2 Å². The molecule has 7 nitrogen and oxygen atoms in total. The summed E-state index contributed by atoms with van der Waals surface area (Å²) < 4.78 is 6.92. The standard InChI is InChI=1S/C20H14ClN5O2/c21-15-3-5-16(6-4-15)26-18(12-17(25-26)19-2-1-11-28-19)20(27)24-23-13-14-7-9-22-10-8-14/h1-13H,(H,24,27)/b23-13+. The monoisotopic (exact) mass is 391 g/mol. The first-order valence-corrected chi connectivity index (χ1v) is 8.72. The number of hydrogen-bond donors (Lipinski definition) is 1. The van der Waals surface area contributed by atoms with Gasteiger partial charge in [-0.2, -0.15) is 10.2 Å². The number of rotatable bonds is 5. The molecule has 0 bridgehead atoms. The molecule has 138 valence electrons. The largest absolute Gasteiger partial charge is 0.463 e. The summed E-state index contributed by atoms with van der Waals surface area (Å²) in [6.45, 7) is 0. The van der Waals surface area contributed by atoms with Crippen molar-refractivity contribution < 1.29 is 9.21 Å². The minimum absolute atomic E-state index is 0.306. The van der Waals surface area contributed by atoms with Crippen molar-refractivity contribution in [1.82, 2.24) is 20.2 Å². The van der Waals surface area contributed by atoms with E-state index in [2.05, 4.69) is 20.6 Å². The molecule has 0 aliphatic heterocycles. The zero-order chi connectivity index (χ0) is 19.3. The van der Waals surface area contributed by atoms with Gasteiger partial charge < -0.3 is 4.42 Å². The molecule has 0 aliphatic rings. The van der Waals surface area contributed by atoms with Crippen molar-refractivity contribution in [3.8, 4) is 17.1 Å². The zero-order valence-electron chi connectivity index (χ0n) is 14.5. The van der Waals surface area contributed by atoms with E-state index in [-0.39, 0.29) is 0 Å². The highest BCUT2D eigenvalue weighted by molar-refractivity contribution is 6.30. The van der Waals surface area contributed by atoms with Crippen LogP contribution in [-0.2, 0) is 0 Å². The number of nitrogens with zero attached hydrogens (tertiary/aromatic N) is 4. The molecule has 0 spiro atoms. The Morgan fingerprint density at radius 1 is 1.14 bits per heavy atom. The van der Waals surface area contributed by atoms with E-state index in [1.54, 1.807) is 73.3 Å². The molecule has 3 heterocycles. The molecule has 0 saturated carbocycles. The lowest BCUT2D eigenvalue weighted by Crippen LogP contribution is -2.21. The van der Waals surface area contributed by atoms with Crippen LogP contribution in [0.1, 0.15) is 16.1 Å². The van der Waals surface area contributed by atoms with Crippen molar-refractivity contribution in [3.05, 3.63) is 89.5 Å². The summed E-state index contributed by atoms with van der Waals surface area (Å²) in [5.41, 5.74) is 4.86. The molecule has 8 heteroatoms. The van der Waals surface area contributed by atoms with Gasteiger partial charge in [0, 0.05) is 23.5 Å². The second kappa shape index (κ2) is 7.89. The van der Waals surface area contributed by atoms with Crippen LogP contribution in [0.5, 0.6) is 0 Å². The fourth-order valence-electron chi connectivity index (χ4n) is 2.54. The van der Waals surface area contributed by atoms with Crippen LogP contribution in [0.2, 0.25) is 5.02 Å². The number of carbonyl (C=O) groups excluding carboxylic acids is 1. The number of halogens is 1. The first kappa shape index (κ1) is 17.7. The van der Waals surface area contributed by atoms with E-state index >= 15 is 0 Å². The van der Waals surface area contributed by atoms with E-state index in [4.69, 9.17) is 16.0 Å². The van der Waals surface area contributed by atoms with Crippen molar-refractivity contribution >= 4 is 23.7 Å². The van der Waals surface area contributed by atoms with Gasteiger partial charge in [-0.25, -0.2) is 10.1 Å². The molecular formula is C20H14ClN5O2. The van der Waals surface area contributed by atoms with Crippen LogP contribution in [0.4, 0.5) is 0 Å². The van der Waals surface area contributed by atoms with E-state index in [0.29, 0.717) is 27.9 Å². The summed E-state index contributed by atoms with van der Waals surface area (Å²) in [6, 6.07) is 15.8. The number of pyridine rings is 1. The smallest absolute Gasteiger partial charge is 0.290 e. The van der Waals surface area contributed by atoms with Crippen LogP contribution in [0.25, 0.3) is 17.1 Å². The molecule has 1 N–H and O–H groups in total. The first-order valence-electron chi connectivity index (χ1n) is 8.34. The highest BCUT2D eigenvalue weighted by Gasteiger charge is 2.18. The van der Waals surface area contributed by atoms with Gasteiger partial charge in [-0.05, 0) is 54.1 Å². The lowest BCUT2D eigenvalue weighted by Gasteiger charge is -2.06. The van der Waals surface area contributed by atoms with Crippen molar-refractivity contribution in [2.75, 3.05) is 0 Å². The maximum atomic E-state index is 12.7. The van der Waals surface area contributed by atoms with Crippen LogP contribution < -0.4 is 5.43 Å². The Kier molecular flexibility index (Phi) is 4.99. The number of carbonyl (C=O) groups is 1. The highest BCUT2D eigenvalue weighted by atomic mass is 35.5. The third kappa shape index (κ3) is 3.84. The number of furan rings is 1. The Morgan fingerprint density at radius 2 is 1.93 bits per heavy atom. The van der Waals surface area contributed by atoms with E-state index in [9.17, 15) is 4.79 Å². The van der Waals surface area contributed by atoms with Gasteiger partial charge in [-0.15, -0.1) is 0 Å². The summed E-state index contributed by atoms with van der Waals surface area (Å²) in [7, 11) is 0. The molecule has 0 unspecified atom stereocenters. The van der Waals surface area contributed by atoms with Gasteiger partial charge in [-0.1, -0.05) is 11.6 Å². The fraction of sp³-hybridized carbons (Fsp3) is 0. The molecule has 0 radical (unpaired) electrons. The van der Waals surface area contributed by atoms with E-state index in [1.807, 2.05) is 0 Å². The average molecular weight is 392 g/mol. The normalized spacial score (nSPS) is 11.0. The number of hydrazone groups is 1. The number of hydrogen-bond acceptors (Lipinski definition) is 5. The van der Waals surface area contributed by atoms with Gasteiger partial charge in [0.15, 0.2) is 5.76 Å². The summed E-state index contributed by atoms with van der Waals surface area (Å²) in [4.78, 5) is 16.7. The summed E-state index contributed by atoms with van der Waals surface area (Å²) >= 11 is 5.97. The average Bonchev–Trinajstić information content (AvgIpc) is 3.39. The second-order valence-corrected chi connectivity index (χ2v) is 6.20. The Morgan fingerprint density at radius 3 is 2.64 bits per heavy atom. The number of benzene rings is 1. The van der Waals surface area contributed by atoms with Crippen LogP contribution >= 0.6 is 11.6 Å². The van der Waals surface area contributed by atoms with E-state index in [0.717, 1.165) is 5.56 Å². The van der Waals surface area contributed by atoms with Crippen LogP contribution in [0.3, 0.4) is 0 Å².